The molecule has 8 nitrogen and oxygen atoms in total. The number of carbonyl (C=O) groups is 1. The van der Waals surface area contributed by atoms with Crippen molar-refractivity contribution >= 4 is 46.4 Å². The number of rotatable bonds is 4. The summed E-state index contributed by atoms with van der Waals surface area (Å²) in [4.78, 5) is 25.5. The number of hydrogen-bond acceptors (Lipinski definition) is 7. The molecule has 182 valence electrons. The summed E-state index contributed by atoms with van der Waals surface area (Å²) in [7, 11) is 2.09. The number of hydrogen-bond donors (Lipinski definition) is 2. The van der Waals surface area contributed by atoms with E-state index in [1.165, 1.54) is 16.7 Å². The highest BCUT2D eigenvalue weighted by molar-refractivity contribution is 6.40. The van der Waals surface area contributed by atoms with Gasteiger partial charge in [-0.15, -0.1) is 0 Å². The lowest BCUT2D eigenvalue weighted by molar-refractivity contribution is 0.0932. The molecule has 1 amide bonds. The molecule has 0 atom stereocenters. The van der Waals surface area contributed by atoms with Gasteiger partial charge in [0.2, 0.25) is 11.8 Å². The van der Waals surface area contributed by atoms with E-state index in [9.17, 15) is 9.90 Å². The lowest BCUT2D eigenvalue weighted by atomic mass is 9.76. The summed E-state index contributed by atoms with van der Waals surface area (Å²) in [6, 6.07) is 9.00. The van der Waals surface area contributed by atoms with Crippen LogP contribution >= 0.6 is 23.2 Å². The number of amides is 1. The Kier molecular flexibility index (Phi) is 6.09. The van der Waals surface area contributed by atoms with Gasteiger partial charge in [-0.3, -0.25) is 9.69 Å². The maximum Gasteiger partial charge on any atom is 0.268 e. The first-order valence-corrected chi connectivity index (χ1v) is 11.9. The minimum Gasteiger partial charge on any atom is -0.455 e. The van der Waals surface area contributed by atoms with Gasteiger partial charge in [0.05, 0.1) is 22.3 Å². The van der Waals surface area contributed by atoms with Crippen LogP contribution in [0.4, 0.5) is 17.3 Å². The van der Waals surface area contributed by atoms with Crippen molar-refractivity contribution in [3.8, 4) is 5.88 Å². The fourth-order valence-corrected chi connectivity index (χ4v) is 5.72. The number of aliphatic hydroxyl groups is 1. The van der Waals surface area contributed by atoms with Crippen molar-refractivity contribution in [1.29, 1.82) is 0 Å². The topological polar surface area (TPSA) is 90.8 Å². The highest BCUT2D eigenvalue weighted by atomic mass is 35.5. The van der Waals surface area contributed by atoms with Gasteiger partial charge in [0, 0.05) is 30.4 Å². The molecule has 2 aromatic carbocycles. The number of halogens is 2. The zero-order chi connectivity index (χ0) is 24.9. The fourth-order valence-electron chi connectivity index (χ4n) is 5.11. The lowest BCUT2D eigenvalue weighted by Crippen LogP contribution is -2.40. The quantitative estimate of drug-likeness (QED) is 0.520. The van der Waals surface area contributed by atoms with Gasteiger partial charge in [0.25, 0.3) is 5.91 Å². The highest BCUT2D eigenvalue weighted by Crippen LogP contribution is 2.39. The third-order valence-corrected chi connectivity index (χ3v) is 6.89. The van der Waals surface area contributed by atoms with E-state index in [4.69, 9.17) is 27.9 Å². The Balaban J connectivity index is 1.44. The molecule has 2 N–H and O–H groups in total. The second kappa shape index (κ2) is 8.95. The number of benzene rings is 2. The molecule has 0 saturated heterocycles. The molecular weight excluding hydrogens is 489 g/mol. The van der Waals surface area contributed by atoms with E-state index in [1.807, 2.05) is 6.07 Å². The lowest BCUT2D eigenvalue weighted by Gasteiger charge is -2.39. The number of nitrogens with one attached hydrogen (secondary N) is 1. The van der Waals surface area contributed by atoms with Gasteiger partial charge < -0.3 is 20.1 Å². The third-order valence-electron chi connectivity index (χ3n) is 6.28. The normalized spacial score (nSPS) is 17.0. The average Bonchev–Trinajstić information content (AvgIpc) is 2.79. The van der Waals surface area contributed by atoms with Gasteiger partial charge in [-0.25, -0.2) is 4.98 Å². The number of likely N-dealkylation sites (N-methyl/N-ethyl adjacent to an activating group) is 1. The molecule has 0 radical (unpaired) electrons. The van der Waals surface area contributed by atoms with E-state index >= 15 is 0 Å². The Morgan fingerprint density at radius 1 is 1.23 bits per heavy atom. The number of para-hydroxylation sites is 1. The van der Waals surface area contributed by atoms with Gasteiger partial charge in [0.1, 0.15) is 5.56 Å². The molecule has 0 saturated carbocycles. The van der Waals surface area contributed by atoms with Crippen LogP contribution in [0.5, 0.6) is 5.88 Å². The van der Waals surface area contributed by atoms with Crippen LogP contribution in [0.1, 0.15) is 40.9 Å². The summed E-state index contributed by atoms with van der Waals surface area (Å²) >= 11 is 12.6. The molecule has 0 spiro atoms. The summed E-state index contributed by atoms with van der Waals surface area (Å²) in [6.45, 7) is 5.93. The number of aromatic nitrogens is 2. The monoisotopic (exact) mass is 513 g/mol. The van der Waals surface area contributed by atoms with E-state index in [0.29, 0.717) is 15.7 Å². The Morgan fingerprint density at radius 2 is 1.97 bits per heavy atom. The fraction of sp³-hybridized carbons (Fsp3) is 0.320. The Bertz CT molecular complexity index is 1310. The molecule has 0 bridgehead atoms. The van der Waals surface area contributed by atoms with Crippen LogP contribution < -0.4 is 15.0 Å². The van der Waals surface area contributed by atoms with E-state index in [2.05, 4.69) is 47.1 Å². The van der Waals surface area contributed by atoms with Crippen LogP contribution in [-0.2, 0) is 18.6 Å². The van der Waals surface area contributed by atoms with Crippen LogP contribution in [0, 0.1) is 0 Å². The second-order valence-corrected chi connectivity index (χ2v) is 10.3. The summed E-state index contributed by atoms with van der Waals surface area (Å²) in [5, 5.41) is 14.0. The molecule has 3 heterocycles. The molecule has 35 heavy (non-hydrogen) atoms. The van der Waals surface area contributed by atoms with E-state index in [-0.39, 0.29) is 42.1 Å². The van der Waals surface area contributed by atoms with E-state index in [0.717, 1.165) is 29.9 Å². The van der Waals surface area contributed by atoms with Gasteiger partial charge in [-0.05, 0) is 48.0 Å². The minimum atomic E-state index is -0.352. The summed E-state index contributed by atoms with van der Waals surface area (Å²) < 4.78 is 5.78. The number of fused-ring (bicyclic) bond motifs is 2. The van der Waals surface area contributed by atoms with Crippen LogP contribution in [0.3, 0.4) is 0 Å². The van der Waals surface area contributed by atoms with Crippen molar-refractivity contribution in [3.05, 3.63) is 68.8 Å². The van der Waals surface area contributed by atoms with Crippen LogP contribution in [0.15, 0.2) is 36.5 Å². The molecule has 2 aliphatic rings. The maximum absolute atomic E-state index is 13.1. The maximum atomic E-state index is 13.1. The number of nitrogens with zero attached hydrogens (tertiary/aromatic N) is 4. The zero-order valence-corrected chi connectivity index (χ0v) is 21.1. The number of carbonyl (C=O) groups excluding carboxylic acids is 1. The standard InChI is InChI=1S/C25H25Cl2N5O3/c1-25(2)12-31(3)10-14-7-16(8-15(11-33)20(14)25)29-24-28-9-17-22(30-24)35-13-32(23(17)34)21-18(26)5-4-6-19(21)27/h4-9,33H,10-13H2,1-3H3,(H,28,29,30). The van der Waals surface area contributed by atoms with Crippen molar-refractivity contribution in [2.24, 2.45) is 0 Å². The van der Waals surface area contributed by atoms with Gasteiger partial charge in [-0.1, -0.05) is 43.1 Å². The van der Waals surface area contributed by atoms with E-state index in [1.54, 1.807) is 18.2 Å². The summed E-state index contributed by atoms with van der Waals surface area (Å²) in [6.07, 6.45) is 1.42. The first-order chi connectivity index (χ1) is 16.7. The molecule has 0 fully saturated rings. The Hall–Kier alpha value is -2.91. The van der Waals surface area contributed by atoms with Crippen molar-refractivity contribution in [3.63, 3.8) is 0 Å². The molecular formula is C25H25Cl2N5O3. The number of aliphatic hydroxyl groups excluding tert-OH is 1. The molecule has 10 heteroatoms. The molecule has 0 unspecified atom stereocenters. The Labute approximate surface area is 213 Å². The molecule has 1 aromatic heterocycles. The SMILES string of the molecule is CN1Cc2cc(Nc3ncc4c(n3)OCN(c3c(Cl)cccc3Cl)C4=O)cc(CO)c2C(C)(C)C1. The van der Waals surface area contributed by atoms with Crippen molar-refractivity contribution < 1.29 is 14.6 Å². The van der Waals surface area contributed by atoms with Crippen LogP contribution in [0.2, 0.25) is 10.0 Å². The van der Waals surface area contributed by atoms with Crippen LogP contribution in [0.25, 0.3) is 0 Å². The molecule has 0 aliphatic carbocycles. The third kappa shape index (κ3) is 4.31. The predicted molar refractivity (Wildman–Crippen MR) is 136 cm³/mol. The Morgan fingerprint density at radius 3 is 2.69 bits per heavy atom. The number of anilines is 3. The smallest absolute Gasteiger partial charge is 0.268 e. The van der Waals surface area contributed by atoms with Gasteiger partial charge in [-0.2, -0.15) is 4.98 Å². The van der Waals surface area contributed by atoms with Crippen LogP contribution in [-0.4, -0.2) is 46.2 Å². The first-order valence-electron chi connectivity index (χ1n) is 11.2. The highest BCUT2D eigenvalue weighted by Gasteiger charge is 2.33. The summed E-state index contributed by atoms with van der Waals surface area (Å²) in [5.41, 5.74) is 4.48. The van der Waals surface area contributed by atoms with Crippen molar-refractivity contribution in [2.45, 2.75) is 32.4 Å². The minimum absolute atomic E-state index is 0.0614. The van der Waals surface area contributed by atoms with Gasteiger partial charge >= 0.3 is 0 Å². The molecule has 2 aliphatic heterocycles. The predicted octanol–water partition coefficient (Wildman–Crippen LogP) is 4.74. The van der Waals surface area contributed by atoms with Crippen molar-refractivity contribution in [1.82, 2.24) is 14.9 Å². The average molecular weight is 514 g/mol. The molecule has 3 aromatic rings. The summed E-state index contributed by atoms with van der Waals surface area (Å²) in [5.74, 6) is 0.107. The molecule has 5 rings (SSSR count). The zero-order valence-electron chi connectivity index (χ0n) is 19.6. The first kappa shape index (κ1) is 23.8. The van der Waals surface area contributed by atoms with Gasteiger partial charge in [0.15, 0.2) is 6.73 Å². The largest absolute Gasteiger partial charge is 0.455 e. The number of ether oxygens (including phenoxy) is 1. The van der Waals surface area contributed by atoms with Crippen molar-refractivity contribution in [2.75, 3.05) is 30.5 Å². The second-order valence-electron chi connectivity index (χ2n) is 9.50. The van der Waals surface area contributed by atoms with E-state index < -0.39 is 0 Å².